The summed E-state index contributed by atoms with van der Waals surface area (Å²) in [5.74, 6) is 0.273. The van der Waals surface area contributed by atoms with Gasteiger partial charge >= 0.3 is 0 Å². The lowest BCUT2D eigenvalue weighted by molar-refractivity contribution is 0.471. The Bertz CT molecular complexity index is 513. The predicted molar refractivity (Wildman–Crippen MR) is 78.4 cm³/mol. The Hall–Kier alpha value is -0.360. The number of phenols is 1. The lowest BCUT2D eigenvalue weighted by Gasteiger charge is -2.05. The SMILES string of the molecule is Oc1ccc(CNCc2sccc2Br)cc1Br. The van der Waals surface area contributed by atoms with Gasteiger partial charge in [-0.3, -0.25) is 0 Å². The largest absolute Gasteiger partial charge is 0.507 e. The molecule has 1 aromatic carbocycles. The molecule has 1 aromatic heterocycles. The highest BCUT2D eigenvalue weighted by Gasteiger charge is 2.02. The number of hydrogen-bond donors (Lipinski definition) is 2. The van der Waals surface area contributed by atoms with Crippen LogP contribution in [0.5, 0.6) is 5.75 Å². The fourth-order valence-corrected chi connectivity index (χ4v) is 3.32. The number of aromatic hydroxyl groups is 1. The van der Waals surface area contributed by atoms with Crippen LogP contribution in [0.3, 0.4) is 0 Å². The zero-order valence-corrected chi connectivity index (χ0v) is 12.9. The van der Waals surface area contributed by atoms with Crippen LogP contribution in [0.4, 0.5) is 0 Å². The first-order valence-electron chi connectivity index (χ1n) is 5.07. The molecule has 90 valence electrons. The summed E-state index contributed by atoms with van der Waals surface area (Å²) in [6, 6.07) is 7.59. The van der Waals surface area contributed by atoms with Gasteiger partial charge in [-0.25, -0.2) is 0 Å². The topological polar surface area (TPSA) is 32.3 Å². The maximum absolute atomic E-state index is 9.38. The summed E-state index contributed by atoms with van der Waals surface area (Å²) in [5.41, 5.74) is 1.14. The lowest BCUT2D eigenvalue weighted by Crippen LogP contribution is -2.11. The molecule has 2 aromatic rings. The van der Waals surface area contributed by atoms with E-state index in [0.29, 0.717) is 0 Å². The molecule has 0 aliphatic rings. The number of thiophene rings is 1. The minimum absolute atomic E-state index is 0.273. The molecule has 2 nitrogen and oxygen atoms in total. The average Bonchev–Trinajstić information content (AvgIpc) is 2.70. The molecule has 1 heterocycles. The molecule has 5 heteroatoms. The molecule has 0 atom stereocenters. The Morgan fingerprint density at radius 2 is 1.94 bits per heavy atom. The molecular formula is C12H11Br2NOS. The van der Waals surface area contributed by atoms with Crippen molar-refractivity contribution in [2.75, 3.05) is 0 Å². The second-order valence-corrected chi connectivity index (χ2v) is 6.29. The third kappa shape index (κ3) is 3.55. The summed E-state index contributed by atoms with van der Waals surface area (Å²) in [6.07, 6.45) is 0. The van der Waals surface area contributed by atoms with E-state index in [9.17, 15) is 5.11 Å². The van der Waals surface area contributed by atoms with Crippen LogP contribution in [-0.4, -0.2) is 5.11 Å². The van der Waals surface area contributed by atoms with Crippen molar-refractivity contribution >= 4 is 43.2 Å². The van der Waals surface area contributed by atoms with Crippen LogP contribution in [0.2, 0.25) is 0 Å². The second kappa shape index (κ2) is 6.00. The van der Waals surface area contributed by atoms with E-state index in [4.69, 9.17) is 0 Å². The lowest BCUT2D eigenvalue weighted by atomic mass is 10.2. The van der Waals surface area contributed by atoms with Gasteiger partial charge in [-0.05, 0) is 61.0 Å². The van der Waals surface area contributed by atoms with Crippen LogP contribution < -0.4 is 5.32 Å². The molecule has 0 saturated heterocycles. The fourth-order valence-electron chi connectivity index (χ4n) is 1.43. The molecular weight excluding hydrogens is 366 g/mol. The Morgan fingerprint density at radius 3 is 2.59 bits per heavy atom. The van der Waals surface area contributed by atoms with Gasteiger partial charge in [0, 0.05) is 22.4 Å². The predicted octanol–water partition coefficient (Wildman–Crippen LogP) is 4.27. The monoisotopic (exact) mass is 375 g/mol. The second-order valence-electron chi connectivity index (χ2n) is 3.58. The summed E-state index contributed by atoms with van der Waals surface area (Å²) in [5, 5.41) is 14.8. The van der Waals surface area contributed by atoms with Crippen LogP contribution in [0.25, 0.3) is 0 Å². The van der Waals surface area contributed by atoms with Gasteiger partial charge in [0.15, 0.2) is 0 Å². The van der Waals surface area contributed by atoms with Gasteiger partial charge in [-0.15, -0.1) is 11.3 Å². The van der Waals surface area contributed by atoms with Crippen LogP contribution in [-0.2, 0) is 13.1 Å². The number of halogens is 2. The van der Waals surface area contributed by atoms with E-state index in [-0.39, 0.29) is 5.75 Å². The van der Waals surface area contributed by atoms with Gasteiger partial charge < -0.3 is 10.4 Å². The summed E-state index contributed by atoms with van der Waals surface area (Å²) in [6.45, 7) is 1.62. The molecule has 0 radical (unpaired) electrons. The Kier molecular flexibility index (Phi) is 4.62. The highest BCUT2D eigenvalue weighted by Crippen LogP contribution is 2.25. The smallest absolute Gasteiger partial charge is 0.129 e. The van der Waals surface area contributed by atoms with Crippen LogP contribution in [0, 0.1) is 0 Å². The minimum Gasteiger partial charge on any atom is -0.507 e. The van der Waals surface area contributed by atoms with Crippen molar-refractivity contribution in [2.45, 2.75) is 13.1 Å². The third-order valence-electron chi connectivity index (χ3n) is 2.32. The molecule has 17 heavy (non-hydrogen) atoms. The molecule has 0 unspecified atom stereocenters. The van der Waals surface area contributed by atoms with Crippen molar-refractivity contribution in [3.05, 3.63) is 49.0 Å². The first-order chi connectivity index (χ1) is 8.16. The average molecular weight is 377 g/mol. The molecule has 0 amide bonds. The van der Waals surface area contributed by atoms with Crippen molar-refractivity contribution in [1.82, 2.24) is 5.32 Å². The number of hydrogen-bond acceptors (Lipinski definition) is 3. The van der Waals surface area contributed by atoms with Crippen molar-refractivity contribution in [3.63, 3.8) is 0 Å². The van der Waals surface area contributed by atoms with Crippen LogP contribution in [0.1, 0.15) is 10.4 Å². The maximum Gasteiger partial charge on any atom is 0.129 e. The molecule has 2 rings (SSSR count). The maximum atomic E-state index is 9.38. The number of rotatable bonds is 4. The molecule has 0 aliphatic carbocycles. The van der Waals surface area contributed by atoms with Crippen molar-refractivity contribution in [3.8, 4) is 5.75 Å². The van der Waals surface area contributed by atoms with E-state index in [1.54, 1.807) is 17.4 Å². The minimum atomic E-state index is 0.273. The Labute approximate surface area is 121 Å². The van der Waals surface area contributed by atoms with E-state index < -0.39 is 0 Å². The summed E-state index contributed by atoms with van der Waals surface area (Å²) < 4.78 is 1.89. The van der Waals surface area contributed by atoms with Crippen molar-refractivity contribution < 1.29 is 5.11 Å². The van der Waals surface area contributed by atoms with E-state index in [2.05, 4.69) is 48.6 Å². The standard InChI is InChI=1S/C12H11Br2NOS/c13-9-3-4-17-12(9)7-15-6-8-1-2-11(16)10(14)5-8/h1-5,15-16H,6-7H2. The zero-order chi connectivity index (χ0) is 12.3. The highest BCUT2D eigenvalue weighted by molar-refractivity contribution is 9.10. The van der Waals surface area contributed by atoms with E-state index in [1.165, 1.54) is 4.88 Å². The fraction of sp³-hybridized carbons (Fsp3) is 0.167. The molecule has 0 aliphatic heterocycles. The summed E-state index contributed by atoms with van der Waals surface area (Å²) >= 11 is 8.54. The van der Waals surface area contributed by atoms with E-state index in [0.717, 1.165) is 27.6 Å². The number of phenolic OH excluding ortho intramolecular Hbond substituents is 1. The van der Waals surface area contributed by atoms with Gasteiger partial charge in [-0.2, -0.15) is 0 Å². The number of nitrogens with one attached hydrogen (secondary N) is 1. The quantitative estimate of drug-likeness (QED) is 0.835. The molecule has 0 saturated carbocycles. The van der Waals surface area contributed by atoms with Crippen LogP contribution in [0.15, 0.2) is 38.6 Å². The normalized spacial score (nSPS) is 10.7. The van der Waals surface area contributed by atoms with E-state index >= 15 is 0 Å². The summed E-state index contributed by atoms with van der Waals surface area (Å²) in [7, 11) is 0. The number of benzene rings is 1. The van der Waals surface area contributed by atoms with Gasteiger partial charge in [0.05, 0.1) is 4.47 Å². The van der Waals surface area contributed by atoms with Crippen molar-refractivity contribution in [2.24, 2.45) is 0 Å². The van der Waals surface area contributed by atoms with Crippen molar-refractivity contribution in [1.29, 1.82) is 0 Å². The Balaban J connectivity index is 1.90. The van der Waals surface area contributed by atoms with Gasteiger partial charge in [0.25, 0.3) is 0 Å². The van der Waals surface area contributed by atoms with Crippen LogP contribution >= 0.6 is 43.2 Å². The van der Waals surface area contributed by atoms with Gasteiger partial charge in [-0.1, -0.05) is 6.07 Å². The molecule has 0 bridgehead atoms. The molecule has 0 spiro atoms. The molecule has 2 N–H and O–H groups in total. The van der Waals surface area contributed by atoms with E-state index in [1.807, 2.05) is 12.1 Å². The summed E-state index contributed by atoms with van der Waals surface area (Å²) in [4.78, 5) is 1.29. The third-order valence-corrected chi connectivity index (χ3v) is 4.88. The Morgan fingerprint density at radius 1 is 1.12 bits per heavy atom. The van der Waals surface area contributed by atoms with Gasteiger partial charge in [0.1, 0.15) is 5.75 Å². The molecule has 0 fully saturated rings. The zero-order valence-electron chi connectivity index (χ0n) is 8.91. The first kappa shape index (κ1) is 13.1. The highest BCUT2D eigenvalue weighted by atomic mass is 79.9. The van der Waals surface area contributed by atoms with Gasteiger partial charge in [0.2, 0.25) is 0 Å². The first-order valence-corrected chi connectivity index (χ1v) is 7.53.